The summed E-state index contributed by atoms with van der Waals surface area (Å²) in [7, 11) is 0. The summed E-state index contributed by atoms with van der Waals surface area (Å²) in [6.07, 6.45) is 5.01. The van der Waals surface area contributed by atoms with Crippen molar-refractivity contribution in [3.8, 4) is 6.07 Å². The van der Waals surface area contributed by atoms with Crippen LogP contribution in [0.15, 0.2) is 41.8 Å². The Balaban J connectivity index is 2.22. The Labute approximate surface area is 171 Å². The fraction of sp³-hybridized carbons (Fsp3) is 0.182. The number of H-pyrrole nitrogens is 1. The van der Waals surface area contributed by atoms with E-state index < -0.39 is 5.97 Å². The molecule has 2 heterocycles. The van der Waals surface area contributed by atoms with E-state index in [4.69, 9.17) is 4.74 Å². The number of carbonyl (C=O) groups is 1. The first-order valence-electron chi connectivity index (χ1n) is 8.97. The van der Waals surface area contributed by atoms with Gasteiger partial charge in [0.1, 0.15) is 21.9 Å². The standard InChI is InChI=1S/C22H19N3O3S/c1-4-11-28-22(27)17(12-23)21-25(5-2)20(26)18(29-21)10-9-15-13-24-19-14(3)7-6-8-16(15)19/h4,6-9,13,24H,1,5,11H2,2-3H3/b21-17-. The first-order valence-corrected chi connectivity index (χ1v) is 9.79. The molecular formula is C22H19N3O3S. The lowest BCUT2D eigenvalue weighted by Crippen LogP contribution is -2.32. The fourth-order valence-electron chi connectivity index (χ4n) is 2.95. The SMILES string of the molecule is C=CCOC(=O)/C(C#N)=c1\sc(=C=Cc2c[nH]c3c(C)cccc23)c(=O)n1CC. The van der Waals surface area contributed by atoms with Crippen LogP contribution in [0.3, 0.4) is 0 Å². The normalized spacial score (nSPS) is 11.5. The Hall–Kier alpha value is -3.59. The average molecular weight is 405 g/mol. The van der Waals surface area contributed by atoms with Gasteiger partial charge in [0.15, 0.2) is 5.57 Å². The van der Waals surface area contributed by atoms with Crippen LogP contribution in [0.25, 0.3) is 28.3 Å². The summed E-state index contributed by atoms with van der Waals surface area (Å²) in [4.78, 5) is 28.2. The number of rotatable bonds is 5. The highest BCUT2D eigenvalue weighted by Gasteiger charge is 2.16. The molecule has 1 aromatic carbocycles. The van der Waals surface area contributed by atoms with Crippen molar-refractivity contribution in [2.45, 2.75) is 20.4 Å². The van der Waals surface area contributed by atoms with Crippen molar-refractivity contribution in [2.75, 3.05) is 6.61 Å². The zero-order chi connectivity index (χ0) is 21.0. The molecule has 0 aliphatic carbocycles. The van der Waals surface area contributed by atoms with E-state index in [-0.39, 0.29) is 22.4 Å². The van der Waals surface area contributed by atoms with Gasteiger partial charge in [-0.1, -0.05) is 36.6 Å². The minimum Gasteiger partial charge on any atom is -0.457 e. The summed E-state index contributed by atoms with van der Waals surface area (Å²) < 4.78 is 6.93. The summed E-state index contributed by atoms with van der Waals surface area (Å²) in [5.41, 5.74) is 5.58. The number of aromatic nitrogens is 2. The number of nitrogens with zero attached hydrogens (tertiary/aromatic N) is 2. The van der Waals surface area contributed by atoms with Crippen molar-refractivity contribution < 1.29 is 9.53 Å². The van der Waals surface area contributed by atoms with E-state index in [9.17, 15) is 14.9 Å². The monoisotopic (exact) mass is 405 g/mol. The molecule has 0 atom stereocenters. The van der Waals surface area contributed by atoms with Gasteiger partial charge >= 0.3 is 5.97 Å². The molecule has 0 fully saturated rings. The van der Waals surface area contributed by atoms with Crippen molar-refractivity contribution in [1.29, 1.82) is 5.26 Å². The molecule has 3 aromatic rings. The van der Waals surface area contributed by atoms with Crippen molar-refractivity contribution in [3.63, 3.8) is 0 Å². The van der Waals surface area contributed by atoms with Crippen molar-refractivity contribution in [1.82, 2.24) is 9.55 Å². The maximum absolute atomic E-state index is 12.7. The van der Waals surface area contributed by atoms with Crippen LogP contribution < -0.4 is 14.8 Å². The van der Waals surface area contributed by atoms with E-state index in [1.807, 2.05) is 37.4 Å². The molecule has 0 saturated heterocycles. The first kappa shape index (κ1) is 20.2. The third-order valence-electron chi connectivity index (χ3n) is 4.38. The van der Waals surface area contributed by atoms with Crippen LogP contribution >= 0.6 is 11.3 Å². The Morgan fingerprint density at radius 2 is 2.24 bits per heavy atom. The summed E-state index contributed by atoms with van der Waals surface area (Å²) in [6.45, 7) is 7.58. The highest BCUT2D eigenvalue weighted by Crippen LogP contribution is 2.21. The molecule has 0 spiro atoms. The second-order valence-electron chi connectivity index (χ2n) is 6.19. The van der Waals surface area contributed by atoms with Crippen LogP contribution in [-0.2, 0) is 16.1 Å². The van der Waals surface area contributed by atoms with Gasteiger partial charge in [-0.05, 0) is 25.5 Å². The van der Waals surface area contributed by atoms with Gasteiger partial charge in [0, 0.05) is 29.2 Å². The van der Waals surface area contributed by atoms with Gasteiger partial charge in [-0.2, -0.15) is 5.26 Å². The Morgan fingerprint density at radius 3 is 2.93 bits per heavy atom. The number of aryl methyl sites for hydroxylation is 1. The van der Waals surface area contributed by atoms with Crippen LogP contribution in [0.1, 0.15) is 18.1 Å². The molecule has 0 radical (unpaired) electrons. The number of ether oxygens (including phenoxy) is 1. The number of thiazole rings is 1. The molecular weight excluding hydrogens is 386 g/mol. The second kappa shape index (κ2) is 8.61. The molecule has 0 aliphatic heterocycles. The van der Waals surface area contributed by atoms with Gasteiger partial charge in [-0.15, -0.1) is 11.3 Å². The Morgan fingerprint density at radius 1 is 1.45 bits per heavy atom. The summed E-state index contributed by atoms with van der Waals surface area (Å²) in [5, 5.41) is 10.5. The largest absolute Gasteiger partial charge is 0.457 e. The number of benzene rings is 1. The van der Waals surface area contributed by atoms with Gasteiger partial charge in [-0.3, -0.25) is 9.36 Å². The summed E-state index contributed by atoms with van der Waals surface area (Å²) in [6, 6.07) is 7.84. The van der Waals surface area contributed by atoms with Crippen LogP contribution in [0.5, 0.6) is 0 Å². The Kier molecular flexibility index (Phi) is 5.99. The highest BCUT2D eigenvalue weighted by molar-refractivity contribution is 7.07. The van der Waals surface area contributed by atoms with Gasteiger partial charge in [0.05, 0.1) is 0 Å². The molecule has 0 aliphatic rings. The number of para-hydroxylation sites is 1. The number of nitrogens with one attached hydrogen (secondary N) is 1. The molecule has 29 heavy (non-hydrogen) atoms. The lowest BCUT2D eigenvalue weighted by atomic mass is 10.1. The molecule has 6 nitrogen and oxygen atoms in total. The topological polar surface area (TPSA) is 87.9 Å². The van der Waals surface area contributed by atoms with Crippen molar-refractivity contribution in [3.05, 3.63) is 67.7 Å². The van der Waals surface area contributed by atoms with Crippen LogP contribution in [0, 0.1) is 18.3 Å². The van der Waals surface area contributed by atoms with Crippen LogP contribution in [0.4, 0.5) is 0 Å². The van der Waals surface area contributed by atoms with E-state index in [0.29, 0.717) is 11.1 Å². The maximum atomic E-state index is 12.7. The molecule has 7 heteroatoms. The second-order valence-corrected chi connectivity index (χ2v) is 7.19. The zero-order valence-corrected chi connectivity index (χ0v) is 16.9. The van der Waals surface area contributed by atoms with E-state index in [0.717, 1.165) is 33.4 Å². The van der Waals surface area contributed by atoms with E-state index in [1.165, 1.54) is 10.6 Å². The van der Waals surface area contributed by atoms with Gasteiger partial charge in [-0.25, -0.2) is 4.79 Å². The van der Waals surface area contributed by atoms with Gasteiger partial charge in [0.25, 0.3) is 5.56 Å². The smallest absolute Gasteiger partial charge is 0.352 e. The minimum absolute atomic E-state index is 0.00931. The third-order valence-corrected chi connectivity index (χ3v) is 5.49. The summed E-state index contributed by atoms with van der Waals surface area (Å²) in [5.74, 6) is -0.779. The number of carbonyl (C=O) groups excluding carboxylic acids is 1. The van der Waals surface area contributed by atoms with E-state index in [1.54, 1.807) is 13.0 Å². The number of hydrogen-bond donors (Lipinski definition) is 1. The molecule has 3 rings (SSSR count). The van der Waals surface area contributed by atoms with Crippen molar-refractivity contribution >= 4 is 45.6 Å². The van der Waals surface area contributed by atoms with Gasteiger partial charge in [0.2, 0.25) is 0 Å². The fourth-order valence-corrected chi connectivity index (χ4v) is 4.01. The molecule has 0 amide bonds. The predicted molar refractivity (Wildman–Crippen MR) is 115 cm³/mol. The first-order chi connectivity index (χ1) is 14.0. The number of hydrogen-bond acceptors (Lipinski definition) is 5. The Bertz CT molecular complexity index is 1360. The van der Waals surface area contributed by atoms with Crippen LogP contribution in [0.2, 0.25) is 0 Å². The van der Waals surface area contributed by atoms with Gasteiger partial charge < -0.3 is 9.72 Å². The number of aromatic amines is 1. The quantitative estimate of drug-likeness (QED) is 0.521. The molecule has 1 N–H and O–H groups in total. The molecule has 146 valence electrons. The molecule has 0 unspecified atom stereocenters. The average Bonchev–Trinajstić information content (AvgIpc) is 3.27. The minimum atomic E-state index is -0.779. The van der Waals surface area contributed by atoms with E-state index >= 15 is 0 Å². The maximum Gasteiger partial charge on any atom is 0.352 e. The molecule has 2 aromatic heterocycles. The number of fused-ring (bicyclic) bond motifs is 1. The number of esters is 1. The van der Waals surface area contributed by atoms with E-state index in [2.05, 4.69) is 17.3 Å². The van der Waals surface area contributed by atoms with Crippen LogP contribution in [-0.4, -0.2) is 22.1 Å². The lowest BCUT2D eigenvalue weighted by Gasteiger charge is -2.00. The summed E-state index contributed by atoms with van der Waals surface area (Å²) >= 11 is 1.05. The third kappa shape index (κ3) is 3.85. The predicted octanol–water partition coefficient (Wildman–Crippen LogP) is 2.22. The molecule has 0 saturated carbocycles. The number of nitriles is 1. The van der Waals surface area contributed by atoms with Crippen molar-refractivity contribution in [2.24, 2.45) is 0 Å². The molecule has 0 bridgehead atoms. The highest BCUT2D eigenvalue weighted by atomic mass is 32.1. The lowest BCUT2D eigenvalue weighted by molar-refractivity contribution is -0.135. The zero-order valence-electron chi connectivity index (χ0n) is 16.1.